The summed E-state index contributed by atoms with van der Waals surface area (Å²) in [6, 6.07) is 9.04. The van der Waals surface area contributed by atoms with Crippen LogP contribution < -0.4 is 11.2 Å². The quantitative estimate of drug-likeness (QED) is 0.605. The van der Waals surface area contributed by atoms with Gasteiger partial charge in [-0.3, -0.25) is 18.3 Å². The van der Waals surface area contributed by atoms with E-state index < -0.39 is 0 Å². The summed E-state index contributed by atoms with van der Waals surface area (Å²) >= 11 is 1.19. The SMILES string of the molecule is Cn1c(=O)n(-c2cnn(-c3cc(=O)[nH]s3)c2)c2ccccc21. The van der Waals surface area contributed by atoms with Crippen LogP contribution in [0.1, 0.15) is 0 Å². The second kappa shape index (κ2) is 4.57. The topological polar surface area (TPSA) is 77.6 Å². The zero-order valence-electron chi connectivity index (χ0n) is 11.6. The predicted molar refractivity (Wildman–Crippen MR) is 84.1 cm³/mol. The Morgan fingerprint density at radius 3 is 2.68 bits per heavy atom. The Hall–Kier alpha value is -2.87. The van der Waals surface area contributed by atoms with Crippen LogP contribution in [0.4, 0.5) is 0 Å². The Kier molecular flexibility index (Phi) is 2.67. The molecule has 8 heteroatoms. The fraction of sp³-hybridized carbons (Fsp3) is 0.0714. The zero-order chi connectivity index (χ0) is 15.3. The summed E-state index contributed by atoms with van der Waals surface area (Å²) < 4.78 is 7.39. The number of nitrogens with one attached hydrogen (secondary N) is 1. The van der Waals surface area contributed by atoms with E-state index in [2.05, 4.69) is 9.47 Å². The highest BCUT2D eigenvalue weighted by Gasteiger charge is 2.13. The number of aromatic amines is 1. The maximum absolute atomic E-state index is 12.5. The molecule has 1 aromatic carbocycles. The lowest BCUT2D eigenvalue weighted by atomic mass is 10.3. The van der Waals surface area contributed by atoms with Gasteiger partial charge in [-0.25, -0.2) is 9.48 Å². The van der Waals surface area contributed by atoms with Gasteiger partial charge in [0.25, 0.3) is 5.56 Å². The van der Waals surface area contributed by atoms with Crippen molar-refractivity contribution in [3.8, 4) is 10.7 Å². The van der Waals surface area contributed by atoms with Gasteiger partial charge in [0, 0.05) is 13.1 Å². The molecule has 0 saturated carbocycles. The standard InChI is InChI=1S/C14H11N5O2S/c1-17-10-4-2-3-5-11(10)19(14(17)21)9-7-15-18(8-9)13-6-12(20)16-22-13/h2-8H,1H3,(H,16,20). The van der Waals surface area contributed by atoms with Crippen molar-refractivity contribution in [1.82, 2.24) is 23.3 Å². The van der Waals surface area contributed by atoms with Crippen LogP contribution in [0.25, 0.3) is 21.7 Å². The van der Waals surface area contributed by atoms with E-state index in [0.717, 1.165) is 11.0 Å². The van der Waals surface area contributed by atoms with Gasteiger partial charge in [-0.05, 0) is 23.7 Å². The smallest absolute Gasteiger partial charge is 0.295 e. The van der Waals surface area contributed by atoms with Crippen molar-refractivity contribution in [2.24, 2.45) is 7.05 Å². The molecular weight excluding hydrogens is 302 g/mol. The third kappa shape index (κ3) is 1.77. The largest absolute Gasteiger partial charge is 0.333 e. The normalized spacial score (nSPS) is 11.3. The summed E-state index contributed by atoms with van der Waals surface area (Å²) in [4.78, 5) is 23.7. The molecule has 0 aliphatic rings. The molecular formula is C14H11N5O2S. The number of para-hydroxylation sites is 2. The number of hydrogen-bond donors (Lipinski definition) is 1. The molecule has 0 bridgehead atoms. The second-order valence-electron chi connectivity index (χ2n) is 4.86. The predicted octanol–water partition coefficient (Wildman–Crippen LogP) is 1.26. The third-order valence-electron chi connectivity index (χ3n) is 3.53. The molecule has 0 atom stereocenters. The van der Waals surface area contributed by atoms with E-state index >= 15 is 0 Å². The molecule has 0 radical (unpaired) electrons. The maximum Gasteiger partial charge on any atom is 0.333 e. The number of fused-ring (bicyclic) bond motifs is 1. The van der Waals surface area contributed by atoms with Gasteiger partial charge in [-0.15, -0.1) is 0 Å². The molecule has 1 N–H and O–H groups in total. The van der Waals surface area contributed by atoms with Crippen molar-refractivity contribution in [1.29, 1.82) is 0 Å². The van der Waals surface area contributed by atoms with Crippen LogP contribution in [0.2, 0.25) is 0 Å². The van der Waals surface area contributed by atoms with Crippen LogP contribution in [-0.2, 0) is 7.05 Å². The maximum atomic E-state index is 12.5. The lowest BCUT2D eigenvalue weighted by Gasteiger charge is -1.98. The molecule has 110 valence electrons. The summed E-state index contributed by atoms with van der Waals surface area (Å²) in [5.74, 6) is 0. The number of aryl methyl sites for hydroxylation is 1. The average Bonchev–Trinajstić information content (AvgIpc) is 3.20. The van der Waals surface area contributed by atoms with Gasteiger partial charge in [-0.2, -0.15) is 5.10 Å². The molecule has 0 spiro atoms. The fourth-order valence-corrected chi connectivity index (χ4v) is 3.10. The Morgan fingerprint density at radius 1 is 1.18 bits per heavy atom. The summed E-state index contributed by atoms with van der Waals surface area (Å²) in [7, 11) is 1.74. The average molecular weight is 313 g/mol. The molecule has 22 heavy (non-hydrogen) atoms. The highest BCUT2D eigenvalue weighted by atomic mass is 32.1. The number of imidazole rings is 1. The first kappa shape index (κ1) is 12.8. The fourth-order valence-electron chi connectivity index (χ4n) is 2.48. The van der Waals surface area contributed by atoms with Crippen molar-refractivity contribution in [2.75, 3.05) is 0 Å². The number of benzene rings is 1. The van der Waals surface area contributed by atoms with E-state index in [-0.39, 0.29) is 11.2 Å². The van der Waals surface area contributed by atoms with E-state index in [1.165, 1.54) is 17.6 Å². The van der Waals surface area contributed by atoms with Crippen LogP contribution in [0.5, 0.6) is 0 Å². The summed E-state index contributed by atoms with van der Waals surface area (Å²) in [5.41, 5.74) is 2.02. The monoisotopic (exact) mass is 313 g/mol. The number of H-pyrrole nitrogens is 1. The van der Waals surface area contributed by atoms with E-state index in [0.29, 0.717) is 10.7 Å². The summed E-state index contributed by atoms with van der Waals surface area (Å²) in [6.07, 6.45) is 3.34. The van der Waals surface area contributed by atoms with Crippen LogP contribution >= 0.6 is 11.5 Å². The van der Waals surface area contributed by atoms with Crippen LogP contribution in [0, 0.1) is 0 Å². The van der Waals surface area contributed by atoms with Gasteiger partial charge in [0.2, 0.25) is 0 Å². The molecule has 0 amide bonds. The van der Waals surface area contributed by atoms with Gasteiger partial charge in [0.1, 0.15) is 5.00 Å². The first-order valence-electron chi connectivity index (χ1n) is 6.55. The molecule has 0 fully saturated rings. The molecule has 0 saturated heterocycles. The Labute approximate surface area is 127 Å². The van der Waals surface area contributed by atoms with Crippen molar-refractivity contribution in [3.05, 3.63) is 63.6 Å². The van der Waals surface area contributed by atoms with Crippen LogP contribution in [-0.4, -0.2) is 23.3 Å². The molecule has 4 aromatic rings. The van der Waals surface area contributed by atoms with E-state index in [1.807, 2.05) is 24.3 Å². The Morgan fingerprint density at radius 2 is 1.95 bits per heavy atom. The van der Waals surface area contributed by atoms with Gasteiger partial charge in [-0.1, -0.05) is 12.1 Å². The van der Waals surface area contributed by atoms with Crippen LogP contribution in [0.3, 0.4) is 0 Å². The molecule has 0 unspecified atom stereocenters. The highest BCUT2D eigenvalue weighted by Crippen LogP contribution is 2.18. The lowest BCUT2D eigenvalue weighted by molar-refractivity contribution is 0.845. The number of nitrogens with zero attached hydrogens (tertiary/aromatic N) is 4. The molecule has 0 aliphatic heterocycles. The highest BCUT2D eigenvalue weighted by molar-refractivity contribution is 7.08. The van der Waals surface area contributed by atoms with E-state index in [1.54, 1.807) is 33.3 Å². The molecule has 4 rings (SSSR count). The van der Waals surface area contributed by atoms with Gasteiger partial charge in [0.05, 0.1) is 29.1 Å². The first-order valence-corrected chi connectivity index (χ1v) is 7.37. The molecule has 3 heterocycles. The number of rotatable bonds is 2. The van der Waals surface area contributed by atoms with Gasteiger partial charge >= 0.3 is 5.69 Å². The van der Waals surface area contributed by atoms with Crippen molar-refractivity contribution in [2.45, 2.75) is 0 Å². The van der Waals surface area contributed by atoms with E-state index in [9.17, 15) is 9.59 Å². The second-order valence-corrected chi connectivity index (χ2v) is 5.69. The zero-order valence-corrected chi connectivity index (χ0v) is 12.4. The molecule has 3 aromatic heterocycles. The van der Waals surface area contributed by atoms with Gasteiger partial charge < -0.3 is 0 Å². The minimum absolute atomic E-state index is 0.136. The Balaban J connectivity index is 1.94. The van der Waals surface area contributed by atoms with Crippen LogP contribution in [0.15, 0.2) is 52.3 Å². The van der Waals surface area contributed by atoms with Crippen molar-refractivity contribution in [3.63, 3.8) is 0 Å². The lowest BCUT2D eigenvalue weighted by Crippen LogP contribution is -2.20. The van der Waals surface area contributed by atoms with Crippen molar-refractivity contribution >= 4 is 22.6 Å². The summed E-state index contributed by atoms with van der Waals surface area (Å²) in [6.45, 7) is 0. The number of hydrogen-bond acceptors (Lipinski definition) is 4. The number of aromatic nitrogens is 5. The van der Waals surface area contributed by atoms with Gasteiger partial charge in [0.15, 0.2) is 0 Å². The molecule has 0 aliphatic carbocycles. The Bertz CT molecular complexity index is 1090. The first-order chi connectivity index (χ1) is 10.6. The summed E-state index contributed by atoms with van der Waals surface area (Å²) in [5, 5.41) is 4.90. The van der Waals surface area contributed by atoms with E-state index in [4.69, 9.17) is 0 Å². The van der Waals surface area contributed by atoms with Crippen molar-refractivity contribution < 1.29 is 0 Å². The third-order valence-corrected chi connectivity index (χ3v) is 4.34. The minimum atomic E-state index is -0.167. The molecule has 7 nitrogen and oxygen atoms in total. The minimum Gasteiger partial charge on any atom is -0.295 e.